The largest absolute Gasteiger partial charge is 0.310 e. The molecule has 1 saturated heterocycles. The van der Waals surface area contributed by atoms with Crippen LogP contribution < -0.4 is 5.32 Å². The van der Waals surface area contributed by atoms with E-state index >= 15 is 0 Å². The standard InChI is InChI=1S/C22H23N/c1-2-9-18(10-3-1)22-20(13-7-15-23-22)16-19-12-6-11-17-8-4-5-14-21(17)19/h1-6,8-12,14,20,22-23H,7,13,15-16H2/t20-,22-/m1/s1. The van der Waals surface area contributed by atoms with Crippen molar-refractivity contribution >= 4 is 10.8 Å². The molecule has 0 saturated carbocycles. The van der Waals surface area contributed by atoms with E-state index in [9.17, 15) is 0 Å². The molecule has 1 aliphatic rings. The summed E-state index contributed by atoms with van der Waals surface area (Å²) in [5, 5.41) is 6.52. The minimum Gasteiger partial charge on any atom is -0.310 e. The summed E-state index contributed by atoms with van der Waals surface area (Å²) in [5.41, 5.74) is 2.91. The van der Waals surface area contributed by atoms with Gasteiger partial charge in [-0.15, -0.1) is 0 Å². The lowest BCUT2D eigenvalue weighted by Crippen LogP contribution is -2.35. The summed E-state index contributed by atoms with van der Waals surface area (Å²) in [7, 11) is 0. The minimum absolute atomic E-state index is 0.476. The molecule has 0 bridgehead atoms. The molecule has 1 fully saturated rings. The quantitative estimate of drug-likeness (QED) is 0.707. The molecule has 1 N–H and O–H groups in total. The van der Waals surface area contributed by atoms with Crippen LogP contribution in [0.1, 0.15) is 30.0 Å². The van der Waals surface area contributed by atoms with Gasteiger partial charge in [-0.1, -0.05) is 72.8 Å². The van der Waals surface area contributed by atoms with Crippen LogP contribution in [0.15, 0.2) is 72.8 Å². The molecule has 0 aromatic heterocycles. The molecule has 0 amide bonds. The molecule has 4 rings (SSSR count). The molecule has 3 aromatic carbocycles. The molecule has 1 heteroatoms. The molecule has 3 aromatic rings. The van der Waals surface area contributed by atoms with Crippen molar-refractivity contribution in [1.82, 2.24) is 5.32 Å². The lowest BCUT2D eigenvalue weighted by Gasteiger charge is -2.33. The van der Waals surface area contributed by atoms with Crippen LogP contribution in [0.2, 0.25) is 0 Å². The first-order valence-electron chi connectivity index (χ1n) is 8.67. The summed E-state index contributed by atoms with van der Waals surface area (Å²) in [6.45, 7) is 1.13. The molecular weight excluding hydrogens is 278 g/mol. The van der Waals surface area contributed by atoms with Gasteiger partial charge in [0.05, 0.1) is 0 Å². The van der Waals surface area contributed by atoms with Crippen LogP contribution in [-0.2, 0) is 6.42 Å². The molecule has 23 heavy (non-hydrogen) atoms. The van der Waals surface area contributed by atoms with E-state index in [1.54, 1.807) is 0 Å². The van der Waals surface area contributed by atoms with E-state index in [1.165, 1.54) is 34.7 Å². The fraction of sp³-hybridized carbons (Fsp3) is 0.273. The number of piperidine rings is 1. The molecule has 0 spiro atoms. The van der Waals surface area contributed by atoms with E-state index in [1.807, 2.05) is 0 Å². The summed E-state index contributed by atoms with van der Waals surface area (Å²) < 4.78 is 0. The first kappa shape index (κ1) is 14.5. The Morgan fingerprint density at radius 3 is 2.52 bits per heavy atom. The van der Waals surface area contributed by atoms with Gasteiger partial charge in [0.1, 0.15) is 0 Å². The molecule has 1 aliphatic heterocycles. The Morgan fingerprint density at radius 2 is 1.61 bits per heavy atom. The highest BCUT2D eigenvalue weighted by atomic mass is 14.9. The predicted octanol–water partition coefficient (Wildman–Crippen LogP) is 5.12. The van der Waals surface area contributed by atoms with Gasteiger partial charge in [-0.05, 0) is 53.6 Å². The minimum atomic E-state index is 0.476. The lowest BCUT2D eigenvalue weighted by molar-refractivity contribution is 0.283. The number of nitrogens with one attached hydrogen (secondary N) is 1. The Morgan fingerprint density at radius 1 is 0.826 bits per heavy atom. The normalized spacial score (nSPS) is 21.4. The van der Waals surface area contributed by atoms with Crippen LogP contribution in [0.5, 0.6) is 0 Å². The molecule has 1 heterocycles. The average Bonchev–Trinajstić information content (AvgIpc) is 2.63. The number of hydrogen-bond acceptors (Lipinski definition) is 1. The Kier molecular flexibility index (Phi) is 4.12. The maximum absolute atomic E-state index is 3.75. The topological polar surface area (TPSA) is 12.0 Å². The maximum atomic E-state index is 3.75. The van der Waals surface area contributed by atoms with Gasteiger partial charge in [0.2, 0.25) is 0 Å². The number of hydrogen-bond donors (Lipinski definition) is 1. The second kappa shape index (κ2) is 6.55. The Balaban J connectivity index is 1.65. The van der Waals surface area contributed by atoms with Gasteiger partial charge in [0.15, 0.2) is 0 Å². The summed E-state index contributed by atoms with van der Waals surface area (Å²) in [6, 6.07) is 26.9. The van der Waals surface area contributed by atoms with Crippen molar-refractivity contribution in [2.24, 2.45) is 5.92 Å². The van der Waals surface area contributed by atoms with Crippen molar-refractivity contribution in [3.63, 3.8) is 0 Å². The molecule has 1 nitrogen and oxygen atoms in total. The van der Waals surface area contributed by atoms with Crippen molar-refractivity contribution < 1.29 is 0 Å². The predicted molar refractivity (Wildman–Crippen MR) is 97.6 cm³/mol. The summed E-state index contributed by atoms with van der Waals surface area (Å²) in [4.78, 5) is 0. The monoisotopic (exact) mass is 301 g/mol. The molecule has 116 valence electrons. The van der Waals surface area contributed by atoms with Crippen molar-refractivity contribution in [3.05, 3.63) is 83.9 Å². The van der Waals surface area contributed by atoms with Gasteiger partial charge < -0.3 is 5.32 Å². The number of benzene rings is 3. The van der Waals surface area contributed by atoms with E-state index in [4.69, 9.17) is 0 Å². The zero-order valence-corrected chi connectivity index (χ0v) is 13.4. The summed E-state index contributed by atoms with van der Waals surface area (Å²) in [5.74, 6) is 0.664. The van der Waals surface area contributed by atoms with E-state index in [-0.39, 0.29) is 0 Å². The first-order chi connectivity index (χ1) is 11.4. The highest BCUT2D eigenvalue weighted by Crippen LogP contribution is 2.33. The van der Waals surface area contributed by atoms with Crippen molar-refractivity contribution in [3.8, 4) is 0 Å². The van der Waals surface area contributed by atoms with E-state index in [2.05, 4.69) is 78.1 Å². The fourth-order valence-electron chi connectivity index (χ4n) is 3.98. The zero-order valence-electron chi connectivity index (χ0n) is 13.4. The molecule has 0 radical (unpaired) electrons. The zero-order chi connectivity index (χ0) is 15.5. The van der Waals surface area contributed by atoms with E-state index in [0.717, 1.165) is 13.0 Å². The van der Waals surface area contributed by atoms with Gasteiger partial charge in [0.25, 0.3) is 0 Å². The lowest BCUT2D eigenvalue weighted by atomic mass is 9.81. The molecule has 0 aliphatic carbocycles. The van der Waals surface area contributed by atoms with Crippen LogP contribution in [0.3, 0.4) is 0 Å². The van der Waals surface area contributed by atoms with E-state index in [0.29, 0.717) is 12.0 Å². The highest BCUT2D eigenvalue weighted by molar-refractivity contribution is 5.85. The summed E-state index contributed by atoms with van der Waals surface area (Å²) in [6.07, 6.45) is 3.72. The van der Waals surface area contributed by atoms with Crippen molar-refractivity contribution in [2.45, 2.75) is 25.3 Å². The van der Waals surface area contributed by atoms with Gasteiger partial charge in [0, 0.05) is 6.04 Å². The molecular formula is C22H23N. The second-order valence-electron chi connectivity index (χ2n) is 6.59. The third-order valence-corrected chi connectivity index (χ3v) is 5.11. The smallest absolute Gasteiger partial charge is 0.0351 e. The Labute approximate surface area is 138 Å². The molecule has 2 atom stereocenters. The third-order valence-electron chi connectivity index (χ3n) is 5.11. The third kappa shape index (κ3) is 3.02. The second-order valence-corrected chi connectivity index (χ2v) is 6.59. The summed E-state index contributed by atoms with van der Waals surface area (Å²) >= 11 is 0. The van der Waals surface area contributed by atoms with Gasteiger partial charge in [-0.2, -0.15) is 0 Å². The Bertz CT molecular complexity index is 773. The Hall–Kier alpha value is -2.12. The van der Waals surface area contributed by atoms with Crippen LogP contribution in [0.4, 0.5) is 0 Å². The van der Waals surface area contributed by atoms with Crippen LogP contribution in [0, 0.1) is 5.92 Å². The highest BCUT2D eigenvalue weighted by Gasteiger charge is 2.26. The SMILES string of the molecule is c1ccc([C@H]2NCCC[C@@H]2Cc2cccc3ccccc23)cc1. The average molecular weight is 301 g/mol. The van der Waals surface area contributed by atoms with Crippen LogP contribution >= 0.6 is 0 Å². The maximum Gasteiger partial charge on any atom is 0.0351 e. The number of fused-ring (bicyclic) bond motifs is 1. The number of rotatable bonds is 3. The fourth-order valence-corrected chi connectivity index (χ4v) is 3.98. The molecule has 0 unspecified atom stereocenters. The van der Waals surface area contributed by atoms with Crippen LogP contribution in [-0.4, -0.2) is 6.54 Å². The van der Waals surface area contributed by atoms with Crippen molar-refractivity contribution in [1.29, 1.82) is 0 Å². The first-order valence-corrected chi connectivity index (χ1v) is 8.67. The van der Waals surface area contributed by atoms with Crippen LogP contribution in [0.25, 0.3) is 10.8 Å². The van der Waals surface area contributed by atoms with Gasteiger partial charge in [-0.25, -0.2) is 0 Å². The van der Waals surface area contributed by atoms with Gasteiger partial charge >= 0.3 is 0 Å². The van der Waals surface area contributed by atoms with Gasteiger partial charge in [-0.3, -0.25) is 0 Å². The van der Waals surface area contributed by atoms with Crippen molar-refractivity contribution in [2.75, 3.05) is 6.54 Å². The van der Waals surface area contributed by atoms with E-state index < -0.39 is 0 Å².